The quantitative estimate of drug-likeness (QED) is 0.593. The number of aromatic hydroxyl groups is 1. The summed E-state index contributed by atoms with van der Waals surface area (Å²) in [6, 6.07) is 11.5. The molecule has 4 rings (SSSR count). The number of phenolic OH excluding ortho intramolecular Hbond substituents is 1. The molecule has 0 saturated heterocycles. The Labute approximate surface area is 173 Å². The number of para-hydroxylation sites is 1. The van der Waals surface area contributed by atoms with Crippen LogP contribution in [0.1, 0.15) is 12.5 Å². The number of amides is 1. The molecule has 10 heteroatoms. The van der Waals surface area contributed by atoms with Crippen molar-refractivity contribution in [3.8, 4) is 5.75 Å². The number of aryl methyl sites for hydroxylation is 1. The topological polar surface area (TPSA) is 78.2 Å². The van der Waals surface area contributed by atoms with E-state index in [0.29, 0.717) is 10.5 Å². The third-order valence-corrected chi connectivity index (χ3v) is 5.55. The number of hydrogen-bond donors (Lipinski definition) is 1. The van der Waals surface area contributed by atoms with Gasteiger partial charge in [-0.25, -0.2) is 4.98 Å². The molecular formula is C20H15F3N4O2S. The molecule has 1 aliphatic heterocycles. The van der Waals surface area contributed by atoms with E-state index in [1.165, 1.54) is 19.1 Å². The Kier molecular flexibility index (Phi) is 4.81. The Morgan fingerprint density at radius 2 is 1.97 bits per heavy atom. The second-order valence-corrected chi connectivity index (χ2v) is 7.78. The van der Waals surface area contributed by atoms with E-state index < -0.39 is 23.7 Å². The van der Waals surface area contributed by atoms with Gasteiger partial charge in [0.25, 0.3) is 5.91 Å². The molecule has 0 saturated carbocycles. The maximum absolute atomic E-state index is 13.7. The van der Waals surface area contributed by atoms with Gasteiger partial charge < -0.3 is 5.11 Å². The Morgan fingerprint density at radius 3 is 2.67 bits per heavy atom. The number of aromatic nitrogens is 1. The number of hydrogen-bond acceptors (Lipinski definition) is 6. The Hall–Kier alpha value is -3.27. The number of benzene rings is 2. The molecule has 0 radical (unpaired) electrons. The first-order valence-corrected chi connectivity index (χ1v) is 9.67. The van der Waals surface area contributed by atoms with Crippen molar-refractivity contribution in [2.45, 2.75) is 20.0 Å². The van der Waals surface area contributed by atoms with Crippen LogP contribution in [0.5, 0.6) is 5.75 Å². The van der Waals surface area contributed by atoms with Crippen LogP contribution in [-0.2, 0) is 4.79 Å². The summed E-state index contributed by atoms with van der Waals surface area (Å²) in [6.45, 7) is 3.07. The van der Waals surface area contributed by atoms with Gasteiger partial charge in [0.2, 0.25) is 5.13 Å². The highest BCUT2D eigenvalue weighted by atomic mass is 32.1. The average molecular weight is 432 g/mol. The van der Waals surface area contributed by atoms with Crippen molar-refractivity contribution in [2.75, 3.05) is 5.01 Å². The molecule has 1 aromatic heterocycles. The number of phenols is 1. The largest absolute Gasteiger partial charge is 0.506 e. The van der Waals surface area contributed by atoms with E-state index in [-0.39, 0.29) is 22.3 Å². The number of hydrazone groups is 1. The second-order valence-electron chi connectivity index (χ2n) is 6.78. The molecule has 1 atom stereocenters. The number of thiazole rings is 1. The van der Waals surface area contributed by atoms with Gasteiger partial charge in [-0.15, -0.1) is 0 Å². The molecular weight excluding hydrogens is 417 g/mol. The standard InChI is InChI=1S/C20H15F3N4O2S/c1-10-7-8-14(28)13(9-10)24-11(2)16-17(20(21,22)23)26-27(18(16)29)19-25-12-5-3-4-6-15(12)30-19/h3-9,16,28H,1-2H3. The van der Waals surface area contributed by atoms with Gasteiger partial charge in [0.15, 0.2) is 5.71 Å². The number of carbonyl (C=O) groups is 1. The number of aliphatic imine (C=N–C) groups is 1. The van der Waals surface area contributed by atoms with Gasteiger partial charge in [-0.2, -0.15) is 23.3 Å². The van der Waals surface area contributed by atoms with Crippen LogP contribution in [0.15, 0.2) is 52.6 Å². The fraction of sp³-hybridized carbons (Fsp3) is 0.200. The van der Waals surface area contributed by atoms with E-state index in [9.17, 15) is 23.1 Å². The summed E-state index contributed by atoms with van der Waals surface area (Å²) in [7, 11) is 0. The third kappa shape index (κ3) is 3.54. The first-order valence-electron chi connectivity index (χ1n) is 8.85. The summed E-state index contributed by atoms with van der Waals surface area (Å²) in [5.74, 6) is -2.81. The van der Waals surface area contributed by atoms with Gasteiger partial charge in [-0.1, -0.05) is 29.5 Å². The van der Waals surface area contributed by atoms with Crippen LogP contribution in [0.2, 0.25) is 0 Å². The normalized spacial score (nSPS) is 17.7. The Bertz CT molecular complexity index is 1180. The number of anilines is 1. The van der Waals surface area contributed by atoms with Crippen LogP contribution in [0.3, 0.4) is 0 Å². The minimum absolute atomic E-state index is 0.0525. The highest BCUT2D eigenvalue weighted by Crippen LogP contribution is 2.37. The molecule has 3 aromatic rings. The molecule has 1 N–H and O–H groups in total. The molecule has 30 heavy (non-hydrogen) atoms. The zero-order valence-electron chi connectivity index (χ0n) is 15.8. The average Bonchev–Trinajstić information content (AvgIpc) is 3.25. The first kappa shape index (κ1) is 20.0. The molecule has 0 spiro atoms. The molecule has 1 unspecified atom stereocenters. The zero-order chi connectivity index (χ0) is 21.6. The summed E-state index contributed by atoms with van der Waals surface area (Å²) < 4.78 is 41.8. The Balaban J connectivity index is 1.77. The van der Waals surface area contributed by atoms with Crippen LogP contribution >= 0.6 is 11.3 Å². The number of fused-ring (bicyclic) bond motifs is 1. The summed E-state index contributed by atoms with van der Waals surface area (Å²) in [4.78, 5) is 21.3. The summed E-state index contributed by atoms with van der Waals surface area (Å²) >= 11 is 1.07. The minimum Gasteiger partial charge on any atom is -0.506 e. The summed E-state index contributed by atoms with van der Waals surface area (Å²) in [5.41, 5.74) is 0.0199. The highest BCUT2D eigenvalue weighted by molar-refractivity contribution is 7.22. The van der Waals surface area contributed by atoms with Crippen LogP contribution in [-0.4, -0.2) is 33.6 Å². The van der Waals surface area contributed by atoms with E-state index in [2.05, 4.69) is 15.1 Å². The fourth-order valence-corrected chi connectivity index (χ4v) is 4.04. The van der Waals surface area contributed by atoms with Crippen molar-refractivity contribution in [3.63, 3.8) is 0 Å². The van der Waals surface area contributed by atoms with Crippen LogP contribution in [0.25, 0.3) is 10.2 Å². The Morgan fingerprint density at radius 1 is 1.23 bits per heavy atom. The number of rotatable bonds is 3. The molecule has 0 aliphatic carbocycles. The van der Waals surface area contributed by atoms with E-state index in [0.717, 1.165) is 21.6 Å². The van der Waals surface area contributed by atoms with E-state index in [4.69, 9.17) is 0 Å². The van der Waals surface area contributed by atoms with Gasteiger partial charge >= 0.3 is 6.18 Å². The van der Waals surface area contributed by atoms with Crippen molar-refractivity contribution < 1.29 is 23.1 Å². The van der Waals surface area contributed by atoms with Gasteiger partial charge in [-0.05, 0) is 43.7 Å². The molecule has 154 valence electrons. The van der Waals surface area contributed by atoms with Crippen LogP contribution < -0.4 is 5.01 Å². The van der Waals surface area contributed by atoms with E-state index >= 15 is 0 Å². The van der Waals surface area contributed by atoms with E-state index in [1.54, 1.807) is 37.3 Å². The molecule has 1 aliphatic rings. The van der Waals surface area contributed by atoms with Gasteiger partial charge in [0, 0.05) is 5.71 Å². The molecule has 0 bridgehead atoms. The lowest BCUT2D eigenvalue weighted by molar-refractivity contribution is -0.119. The number of alkyl halides is 3. The smallest absolute Gasteiger partial charge is 0.432 e. The van der Waals surface area contributed by atoms with Gasteiger partial charge in [0.05, 0.1) is 10.2 Å². The number of halogens is 3. The van der Waals surface area contributed by atoms with Crippen molar-refractivity contribution in [3.05, 3.63) is 48.0 Å². The van der Waals surface area contributed by atoms with Gasteiger partial charge in [-0.3, -0.25) is 9.79 Å². The van der Waals surface area contributed by atoms with Crippen molar-refractivity contribution >= 4 is 49.7 Å². The van der Waals surface area contributed by atoms with E-state index in [1.807, 2.05) is 0 Å². The summed E-state index contributed by atoms with van der Waals surface area (Å²) in [5, 5.41) is 14.3. The maximum atomic E-state index is 13.7. The number of nitrogens with zero attached hydrogens (tertiary/aromatic N) is 4. The third-order valence-electron chi connectivity index (χ3n) is 4.54. The molecule has 1 amide bonds. The number of carbonyl (C=O) groups excluding carboxylic acids is 1. The SMILES string of the molecule is CC(=Nc1cc(C)ccc1O)C1C(=O)N(c2nc3ccccc3s2)N=C1C(F)(F)F. The summed E-state index contributed by atoms with van der Waals surface area (Å²) in [6.07, 6.45) is -4.84. The fourth-order valence-electron chi connectivity index (χ4n) is 3.12. The lowest BCUT2D eigenvalue weighted by Gasteiger charge is -2.14. The van der Waals surface area contributed by atoms with Crippen molar-refractivity contribution in [1.29, 1.82) is 0 Å². The highest BCUT2D eigenvalue weighted by Gasteiger charge is 2.52. The predicted molar refractivity (Wildman–Crippen MR) is 110 cm³/mol. The second kappa shape index (κ2) is 7.21. The van der Waals surface area contributed by atoms with Crippen molar-refractivity contribution in [1.82, 2.24) is 4.98 Å². The lowest BCUT2D eigenvalue weighted by Crippen LogP contribution is -2.37. The van der Waals surface area contributed by atoms with Crippen LogP contribution in [0, 0.1) is 12.8 Å². The molecule has 2 aromatic carbocycles. The molecule has 6 nitrogen and oxygen atoms in total. The molecule has 0 fully saturated rings. The predicted octanol–water partition coefficient (Wildman–Crippen LogP) is 4.98. The monoisotopic (exact) mass is 432 g/mol. The molecule has 2 heterocycles. The lowest BCUT2D eigenvalue weighted by atomic mass is 9.97. The van der Waals surface area contributed by atoms with Crippen LogP contribution in [0.4, 0.5) is 24.0 Å². The minimum atomic E-state index is -4.84. The van der Waals surface area contributed by atoms with Crippen molar-refractivity contribution in [2.24, 2.45) is 16.0 Å². The van der Waals surface area contributed by atoms with Gasteiger partial charge in [0.1, 0.15) is 17.4 Å². The maximum Gasteiger partial charge on any atom is 0.432 e. The zero-order valence-corrected chi connectivity index (χ0v) is 16.6. The first-order chi connectivity index (χ1) is 14.1.